The van der Waals surface area contributed by atoms with Crippen LogP contribution in [-0.2, 0) is 10.0 Å². The van der Waals surface area contributed by atoms with Crippen LogP contribution < -0.4 is 10.5 Å². The van der Waals surface area contributed by atoms with Crippen LogP contribution in [0.1, 0.15) is 36.5 Å². The Morgan fingerprint density at radius 2 is 1.95 bits per heavy atom. The van der Waals surface area contributed by atoms with E-state index in [1.807, 2.05) is 0 Å². The van der Waals surface area contributed by atoms with Gasteiger partial charge in [-0.3, -0.25) is 4.79 Å². The van der Waals surface area contributed by atoms with Crippen LogP contribution in [0, 0.1) is 0 Å². The van der Waals surface area contributed by atoms with Gasteiger partial charge in [-0.2, -0.15) is 0 Å². The van der Waals surface area contributed by atoms with E-state index in [4.69, 9.17) is 28.3 Å². The van der Waals surface area contributed by atoms with Gasteiger partial charge in [-0.05, 0) is 18.6 Å². The third-order valence-corrected chi connectivity index (χ3v) is 4.48. The molecular weight excluding hydrogens is 323 g/mol. The van der Waals surface area contributed by atoms with Crippen molar-refractivity contribution in [2.24, 2.45) is 5.14 Å². The number of carbonyl (C=O) groups is 1. The molecule has 0 atom stereocenters. The lowest BCUT2D eigenvalue weighted by Crippen LogP contribution is -2.25. The molecule has 0 aromatic heterocycles. The molecule has 20 heavy (non-hydrogen) atoms. The van der Waals surface area contributed by atoms with Crippen LogP contribution in [0.2, 0.25) is 10.0 Å². The molecule has 1 amide bonds. The van der Waals surface area contributed by atoms with Crippen LogP contribution in [0.15, 0.2) is 17.0 Å². The minimum atomic E-state index is -4.04. The standard InChI is InChI=1S/C12H16Cl2N2O3S/c1-2-3-4-5-16-12(17)8-6-9(13)11(14)10(7-8)20(15,18)19/h6-7H,2-5H2,1H3,(H,16,17)(H2,15,18,19). The second-order valence-corrected chi connectivity index (χ2v) is 6.59. The molecule has 0 aliphatic heterocycles. The Morgan fingerprint density at radius 1 is 1.30 bits per heavy atom. The van der Waals surface area contributed by atoms with Gasteiger partial charge in [0.2, 0.25) is 10.0 Å². The molecule has 112 valence electrons. The number of benzene rings is 1. The van der Waals surface area contributed by atoms with Crippen molar-refractivity contribution < 1.29 is 13.2 Å². The zero-order valence-corrected chi connectivity index (χ0v) is 13.3. The van der Waals surface area contributed by atoms with Gasteiger partial charge in [-0.25, -0.2) is 13.6 Å². The number of sulfonamides is 1. The lowest BCUT2D eigenvalue weighted by molar-refractivity contribution is 0.0953. The maximum atomic E-state index is 11.9. The average Bonchev–Trinajstić information content (AvgIpc) is 2.36. The first-order valence-electron chi connectivity index (χ1n) is 6.07. The molecule has 1 rings (SSSR count). The van der Waals surface area contributed by atoms with E-state index < -0.39 is 15.9 Å². The van der Waals surface area contributed by atoms with Crippen molar-refractivity contribution in [3.05, 3.63) is 27.7 Å². The van der Waals surface area contributed by atoms with Gasteiger partial charge in [0, 0.05) is 12.1 Å². The van der Waals surface area contributed by atoms with E-state index in [1.54, 1.807) is 0 Å². The zero-order valence-electron chi connectivity index (χ0n) is 10.9. The van der Waals surface area contributed by atoms with Gasteiger partial charge in [0.15, 0.2) is 0 Å². The lowest BCUT2D eigenvalue weighted by atomic mass is 10.2. The Kier molecular flexibility index (Phi) is 6.26. The molecule has 0 unspecified atom stereocenters. The molecule has 0 saturated heterocycles. The highest BCUT2D eigenvalue weighted by atomic mass is 35.5. The van der Waals surface area contributed by atoms with Crippen LogP contribution >= 0.6 is 23.2 Å². The summed E-state index contributed by atoms with van der Waals surface area (Å²) >= 11 is 11.6. The number of nitrogens with one attached hydrogen (secondary N) is 1. The molecule has 0 bridgehead atoms. The fraction of sp³-hybridized carbons (Fsp3) is 0.417. The Balaban J connectivity index is 2.97. The number of hydrogen-bond donors (Lipinski definition) is 2. The van der Waals surface area contributed by atoms with Crippen molar-refractivity contribution in [3.63, 3.8) is 0 Å². The number of carbonyl (C=O) groups excluding carboxylic acids is 1. The van der Waals surface area contributed by atoms with Gasteiger partial charge in [-0.1, -0.05) is 43.0 Å². The molecule has 0 aliphatic rings. The Bertz CT molecular complexity index is 603. The highest BCUT2D eigenvalue weighted by Gasteiger charge is 2.19. The van der Waals surface area contributed by atoms with Crippen LogP contribution in [0.5, 0.6) is 0 Å². The maximum Gasteiger partial charge on any atom is 0.251 e. The fourth-order valence-electron chi connectivity index (χ4n) is 1.58. The monoisotopic (exact) mass is 338 g/mol. The summed E-state index contributed by atoms with van der Waals surface area (Å²) in [6.45, 7) is 2.57. The van der Waals surface area contributed by atoms with Crippen LogP contribution in [-0.4, -0.2) is 20.9 Å². The number of unbranched alkanes of at least 4 members (excludes halogenated alkanes) is 2. The third-order valence-electron chi connectivity index (χ3n) is 2.63. The van der Waals surface area contributed by atoms with Gasteiger partial charge in [0.25, 0.3) is 5.91 Å². The molecule has 0 aliphatic carbocycles. The minimum Gasteiger partial charge on any atom is -0.352 e. The molecule has 0 fully saturated rings. The number of amides is 1. The van der Waals surface area contributed by atoms with Gasteiger partial charge in [0.1, 0.15) is 4.90 Å². The fourth-order valence-corrected chi connectivity index (χ4v) is 2.94. The van der Waals surface area contributed by atoms with E-state index in [9.17, 15) is 13.2 Å². The van der Waals surface area contributed by atoms with E-state index in [-0.39, 0.29) is 20.5 Å². The van der Waals surface area contributed by atoms with Crippen LogP contribution in [0.25, 0.3) is 0 Å². The quantitative estimate of drug-likeness (QED) is 0.781. The van der Waals surface area contributed by atoms with Crippen molar-refractivity contribution in [3.8, 4) is 0 Å². The summed E-state index contributed by atoms with van der Waals surface area (Å²) in [5.41, 5.74) is 0.111. The van der Waals surface area contributed by atoms with Gasteiger partial charge >= 0.3 is 0 Å². The topological polar surface area (TPSA) is 89.3 Å². The third kappa shape index (κ3) is 4.63. The largest absolute Gasteiger partial charge is 0.352 e. The van der Waals surface area contributed by atoms with Crippen molar-refractivity contribution in [2.75, 3.05) is 6.54 Å². The molecule has 1 aromatic rings. The summed E-state index contributed by atoms with van der Waals surface area (Å²) in [4.78, 5) is 11.5. The summed E-state index contributed by atoms with van der Waals surface area (Å²) in [6.07, 6.45) is 2.90. The molecule has 8 heteroatoms. The molecule has 0 spiro atoms. The Morgan fingerprint density at radius 3 is 2.50 bits per heavy atom. The maximum absolute atomic E-state index is 11.9. The van der Waals surface area contributed by atoms with E-state index in [2.05, 4.69) is 12.2 Å². The molecule has 3 N–H and O–H groups in total. The van der Waals surface area contributed by atoms with Gasteiger partial charge < -0.3 is 5.32 Å². The van der Waals surface area contributed by atoms with Crippen LogP contribution in [0.3, 0.4) is 0 Å². The number of nitrogens with two attached hydrogens (primary N) is 1. The number of primary sulfonamides is 1. The summed E-state index contributed by atoms with van der Waals surface area (Å²) < 4.78 is 22.8. The van der Waals surface area contributed by atoms with E-state index in [0.717, 1.165) is 25.3 Å². The SMILES string of the molecule is CCCCCNC(=O)c1cc(Cl)c(Cl)c(S(N)(=O)=O)c1. The summed E-state index contributed by atoms with van der Waals surface area (Å²) in [5.74, 6) is -0.412. The van der Waals surface area contributed by atoms with Gasteiger partial charge in [-0.15, -0.1) is 0 Å². The Labute approximate surface area is 128 Å². The predicted molar refractivity (Wildman–Crippen MR) is 79.7 cm³/mol. The minimum absolute atomic E-state index is 0.0306. The lowest BCUT2D eigenvalue weighted by Gasteiger charge is -2.09. The number of halogens is 2. The summed E-state index contributed by atoms with van der Waals surface area (Å²) in [7, 11) is -4.04. The van der Waals surface area contributed by atoms with Gasteiger partial charge in [0.05, 0.1) is 10.0 Å². The van der Waals surface area contributed by atoms with Crippen molar-refractivity contribution in [1.29, 1.82) is 0 Å². The zero-order chi connectivity index (χ0) is 15.3. The smallest absolute Gasteiger partial charge is 0.251 e. The predicted octanol–water partition coefficient (Wildman–Crippen LogP) is 2.56. The van der Waals surface area contributed by atoms with Crippen molar-refractivity contribution in [2.45, 2.75) is 31.1 Å². The first-order valence-corrected chi connectivity index (χ1v) is 8.37. The highest BCUT2D eigenvalue weighted by molar-refractivity contribution is 7.89. The second-order valence-electron chi connectivity index (χ2n) is 4.28. The molecule has 0 saturated carbocycles. The van der Waals surface area contributed by atoms with E-state index >= 15 is 0 Å². The number of hydrogen-bond acceptors (Lipinski definition) is 3. The summed E-state index contributed by atoms with van der Waals surface area (Å²) in [5, 5.41) is 7.50. The molecule has 0 heterocycles. The molecule has 1 aromatic carbocycles. The first kappa shape index (κ1) is 17.2. The second kappa shape index (κ2) is 7.26. The molecule has 0 radical (unpaired) electrons. The highest BCUT2D eigenvalue weighted by Crippen LogP contribution is 2.30. The first-order chi connectivity index (χ1) is 9.27. The van der Waals surface area contributed by atoms with Crippen molar-refractivity contribution >= 4 is 39.1 Å². The summed E-state index contributed by atoms with van der Waals surface area (Å²) in [6, 6.07) is 2.44. The normalized spacial score (nSPS) is 11.4. The van der Waals surface area contributed by atoms with E-state index in [1.165, 1.54) is 6.07 Å². The van der Waals surface area contributed by atoms with E-state index in [0.29, 0.717) is 6.54 Å². The van der Waals surface area contributed by atoms with Crippen molar-refractivity contribution in [1.82, 2.24) is 5.32 Å². The average molecular weight is 339 g/mol. The molecular formula is C12H16Cl2N2O3S. The van der Waals surface area contributed by atoms with Crippen LogP contribution in [0.4, 0.5) is 0 Å². The molecule has 5 nitrogen and oxygen atoms in total. The Hall–Kier alpha value is -0.820. The number of rotatable bonds is 6.